The van der Waals surface area contributed by atoms with Gasteiger partial charge in [0.2, 0.25) is 5.95 Å². The number of nitrogens with zero attached hydrogens (tertiary/aromatic N) is 5. The number of para-hydroxylation sites is 1. The van der Waals surface area contributed by atoms with Crippen LogP contribution < -0.4 is 10.2 Å². The van der Waals surface area contributed by atoms with Crippen LogP contribution in [0, 0.1) is 11.3 Å². The molecule has 2 heterocycles. The number of rotatable bonds is 3. The Bertz CT molecular complexity index is 828. The van der Waals surface area contributed by atoms with Gasteiger partial charge in [0.15, 0.2) is 5.65 Å². The molecule has 3 aromatic rings. The van der Waals surface area contributed by atoms with Gasteiger partial charge in [-0.05, 0) is 24.3 Å². The Morgan fingerprint density at radius 1 is 1.19 bits per heavy atom. The number of hydrogen-bond donors (Lipinski definition) is 1. The fraction of sp³-hybridized carbons (Fsp3) is 0.133. The second-order valence-electron chi connectivity index (χ2n) is 4.80. The lowest BCUT2D eigenvalue weighted by Gasteiger charge is -2.11. The number of pyridine rings is 1. The van der Waals surface area contributed by atoms with Gasteiger partial charge in [0.25, 0.3) is 0 Å². The first-order valence-corrected chi connectivity index (χ1v) is 6.47. The van der Waals surface area contributed by atoms with Crippen LogP contribution in [-0.2, 0) is 0 Å². The molecule has 6 nitrogen and oxygen atoms in total. The molecule has 6 heteroatoms. The highest BCUT2D eigenvalue weighted by atomic mass is 15.3. The predicted molar refractivity (Wildman–Crippen MR) is 81.8 cm³/mol. The van der Waals surface area contributed by atoms with E-state index in [0.717, 1.165) is 11.3 Å². The van der Waals surface area contributed by atoms with Crippen LogP contribution in [-0.4, -0.2) is 28.7 Å². The smallest absolute Gasteiger partial charge is 0.247 e. The van der Waals surface area contributed by atoms with Crippen molar-refractivity contribution in [2.45, 2.75) is 0 Å². The first-order chi connectivity index (χ1) is 10.2. The third-order valence-electron chi connectivity index (χ3n) is 3.13. The molecule has 0 saturated carbocycles. The molecule has 0 aliphatic carbocycles. The third-order valence-corrected chi connectivity index (χ3v) is 3.13. The Kier molecular flexibility index (Phi) is 3.16. The second kappa shape index (κ2) is 5.13. The maximum Gasteiger partial charge on any atom is 0.247 e. The van der Waals surface area contributed by atoms with E-state index in [1.165, 1.54) is 0 Å². The molecule has 0 fully saturated rings. The van der Waals surface area contributed by atoms with Crippen molar-refractivity contribution in [3.05, 3.63) is 48.2 Å². The molecule has 1 aromatic carbocycles. The second-order valence-corrected chi connectivity index (χ2v) is 4.80. The highest BCUT2D eigenvalue weighted by Gasteiger charge is 2.07. The lowest BCUT2D eigenvalue weighted by atomic mass is 10.2. The Labute approximate surface area is 122 Å². The molecule has 0 aliphatic rings. The van der Waals surface area contributed by atoms with Gasteiger partial charge in [-0.2, -0.15) is 10.2 Å². The number of nitriles is 1. The fourth-order valence-corrected chi connectivity index (χ4v) is 2.00. The summed E-state index contributed by atoms with van der Waals surface area (Å²) in [5, 5.41) is 16.6. The summed E-state index contributed by atoms with van der Waals surface area (Å²) in [6.45, 7) is 0. The Hall–Kier alpha value is -3.07. The van der Waals surface area contributed by atoms with Gasteiger partial charge < -0.3 is 10.2 Å². The molecule has 0 aliphatic heterocycles. The Morgan fingerprint density at radius 3 is 2.76 bits per heavy atom. The number of benzene rings is 1. The van der Waals surface area contributed by atoms with Crippen molar-refractivity contribution in [2.24, 2.45) is 0 Å². The van der Waals surface area contributed by atoms with E-state index in [9.17, 15) is 0 Å². The molecule has 3 rings (SSSR count). The molecule has 1 N–H and O–H groups in total. The van der Waals surface area contributed by atoms with Crippen molar-refractivity contribution >= 4 is 23.0 Å². The standard InChI is InChI=1S/C15H14N6/c1-20(2)12-7-8-14-18-15(19-21(14)10-12)17-13-6-4-3-5-11(13)9-16/h3-8,10H,1-2H3,(H,17,19). The number of fused-ring (bicyclic) bond motifs is 1. The van der Waals surface area contributed by atoms with Gasteiger partial charge in [-0.25, -0.2) is 4.52 Å². The monoisotopic (exact) mass is 278 g/mol. The lowest BCUT2D eigenvalue weighted by molar-refractivity contribution is 0.953. The first-order valence-electron chi connectivity index (χ1n) is 6.47. The van der Waals surface area contributed by atoms with Crippen LogP contribution in [0.3, 0.4) is 0 Å². The third kappa shape index (κ3) is 2.49. The summed E-state index contributed by atoms with van der Waals surface area (Å²) in [6.07, 6.45) is 1.91. The molecule has 104 valence electrons. The van der Waals surface area contributed by atoms with E-state index >= 15 is 0 Å². The lowest BCUT2D eigenvalue weighted by Crippen LogP contribution is -2.09. The van der Waals surface area contributed by atoms with E-state index in [2.05, 4.69) is 21.5 Å². The van der Waals surface area contributed by atoms with Crippen LogP contribution in [0.2, 0.25) is 0 Å². The van der Waals surface area contributed by atoms with E-state index in [0.29, 0.717) is 17.2 Å². The van der Waals surface area contributed by atoms with Crippen molar-refractivity contribution in [1.29, 1.82) is 5.26 Å². The molecule has 0 saturated heterocycles. The average molecular weight is 278 g/mol. The zero-order chi connectivity index (χ0) is 14.8. The van der Waals surface area contributed by atoms with Gasteiger partial charge in [0, 0.05) is 14.1 Å². The number of aromatic nitrogens is 3. The van der Waals surface area contributed by atoms with E-state index in [1.54, 1.807) is 10.6 Å². The van der Waals surface area contributed by atoms with Gasteiger partial charge in [0.1, 0.15) is 6.07 Å². The molecule has 0 atom stereocenters. The van der Waals surface area contributed by atoms with Crippen LogP contribution in [0.15, 0.2) is 42.6 Å². The highest BCUT2D eigenvalue weighted by Crippen LogP contribution is 2.19. The predicted octanol–water partition coefficient (Wildman–Crippen LogP) is 2.41. The molecule has 2 aromatic heterocycles. The molecule has 0 amide bonds. The Balaban J connectivity index is 1.96. The summed E-state index contributed by atoms with van der Waals surface area (Å²) < 4.78 is 1.71. The number of hydrogen-bond acceptors (Lipinski definition) is 5. The minimum absolute atomic E-state index is 0.466. The first kappa shape index (κ1) is 12.9. The summed E-state index contributed by atoms with van der Waals surface area (Å²) in [7, 11) is 3.95. The van der Waals surface area contributed by atoms with Crippen LogP contribution in [0.1, 0.15) is 5.56 Å². The van der Waals surface area contributed by atoms with Crippen molar-refractivity contribution in [2.75, 3.05) is 24.3 Å². The van der Waals surface area contributed by atoms with Gasteiger partial charge in [-0.3, -0.25) is 0 Å². The largest absolute Gasteiger partial charge is 0.376 e. The van der Waals surface area contributed by atoms with Crippen molar-refractivity contribution < 1.29 is 0 Å². The summed E-state index contributed by atoms with van der Waals surface area (Å²) in [5.41, 5.74) is 3.04. The van der Waals surface area contributed by atoms with Crippen LogP contribution >= 0.6 is 0 Å². The summed E-state index contributed by atoms with van der Waals surface area (Å²) >= 11 is 0. The maximum atomic E-state index is 9.09. The van der Waals surface area contributed by atoms with E-state index in [1.807, 2.05) is 55.5 Å². The topological polar surface area (TPSA) is 69.2 Å². The maximum absolute atomic E-state index is 9.09. The SMILES string of the molecule is CN(C)c1ccc2nc(Nc3ccccc3C#N)nn2c1. The molecular formula is C15H14N6. The van der Waals surface area contributed by atoms with Crippen LogP contribution in [0.5, 0.6) is 0 Å². The summed E-state index contributed by atoms with van der Waals surface area (Å²) in [5.74, 6) is 0.466. The minimum Gasteiger partial charge on any atom is -0.376 e. The van der Waals surface area contributed by atoms with Crippen molar-refractivity contribution in [3.8, 4) is 6.07 Å². The van der Waals surface area contributed by atoms with Crippen molar-refractivity contribution in [3.63, 3.8) is 0 Å². The molecule has 0 radical (unpaired) electrons. The summed E-state index contributed by atoms with van der Waals surface area (Å²) in [4.78, 5) is 6.40. The molecule has 21 heavy (non-hydrogen) atoms. The normalized spacial score (nSPS) is 10.3. The molecule has 0 unspecified atom stereocenters. The molecule has 0 bridgehead atoms. The van der Waals surface area contributed by atoms with Crippen LogP contribution in [0.25, 0.3) is 5.65 Å². The summed E-state index contributed by atoms with van der Waals surface area (Å²) in [6, 6.07) is 13.3. The molecular weight excluding hydrogens is 264 g/mol. The number of anilines is 3. The van der Waals surface area contributed by atoms with E-state index in [-0.39, 0.29) is 0 Å². The van der Waals surface area contributed by atoms with Gasteiger partial charge in [-0.15, -0.1) is 5.10 Å². The van der Waals surface area contributed by atoms with E-state index in [4.69, 9.17) is 5.26 Å². The fourth-order valence-electron chi connectivity index (χ4n) is 2.00. The van der Waals surface area contributed by atoms with E-state index < -0.39 is 0 Å². The van der Waals surface area contributed by atoms with Gasteiger partial charge >= 0.3 is 0 Å². The molecule has 0 spiro atoms. The average Bonchev–Trinajstić information content (AvgIpc) is 2.89. The van der Waals surface area contributed by atoms with Crippen molar-refractivity contribution in [1.82, 2.24) is 14.6 Å². The number of nitrogens with one attached hydrogen (secondary N) is 1. The van der Waals surface area contributed by atoms with Gasteiger partial charge in [-0.1, -0.05) is 12.1 Å². The zero-order valence-electron chi connectivity index (χ0n) is 11.8. The quantitative estimate of drug-likeness (QED) is 0.796. The zero-order valence-corrected chi connectivity index (χ0v) is 11.8. The Morgan fingerprint density at radius 2 is 2.00 bits per heavy atom. The van der Waals surface area contributed by atoms with Gasteiger partial charge in [0.05, 0.1) is 23.1 Å². The minimum atomic E-state index is 0.466. The highest BCUT2D eigenvalue weighted by molar-refractivity contribution is 5.64. The van der Waals surface area contributed by atoms with Crippen LogP contribution in [0.4, 0.5) is 17.3 Å².